The summed E-state index contributed by atoms with van der Waals surface area (Å²) in [5.41, 5.74) is 2.50. The summed E-state index contributed by atoms with van der Waals surface area (Å²) in [6, 6.07) is 9.88. The third kappa shape index (κ3) is 11.7. The fourth-order valence-electron chi connectivity index (χ4n) is 0.899. The number of hydrogen-bond acceptors (Lipinski definition) is 3. The zero-order valence-corrected chi connectivity index (χ0v) is 11.4. The van der Waals surface area contributed by atoms with Crippen LogP contribution in [0.2, 0.25) is 0 Å². The van der Waals surface area contributed by atoms with Crippen molar-refractivity contribution >= 4 is 12.0 Å². The molecule has 1 aromatic carbocycles. The van der Waals surface area contributed by atoms with Crippen LogP contribution in [0.1, 0.15) is 11.1 Å². The van der Waals surface area contributed by atoms with Gasteiger partial charge in [-0.3, -0.25) is 0 Å². The molecule has 1 rings (SSSR count). The summed E-state index contributed by atoms with van der Waals surface area (Å²) >= 11 is 0. The SMILES string of the molecule is C=CC#N.C=CC(=O)OC.C=Cc1ccccc1C. The lowest BCUT2D eigenvalue weighted by Gasteiger charge is -1.95. The van der Waals surface area contributed by atoms with Gasteiger partial charge in [0, 0.05) is 12.2 Å². The minimum absolute atomic E-state index is 0.394. The van der Waals surface area contributed by atoms with Crippen LogP contribution in [0.4, 0.5) is 0 Å². The molecule has 0 unspecified atom stereocenters. The fourth-order valence-corrected chi connectivity index (χ4v) is 0.899. The number of methoxy groups -OCH3 is 1. The first kappa shape index (κ1) is 18.8. The molecular formula is C16H19NO2. The minimum Gasteiger partial charge on any atom is -0.466 e. The molecule has 0 saturated carbocycles. The lowest BCUT2D eigenvalue weighted by molar-refractivity contribution is -0.134. The van der Waals surface area contributed by atoms with Crippen LogP contribution >= 0.6 is 0 Å². The number of rotatable bonds is 2. The van der Waals surface area contributed by atoms with Crippen molar-refractivity contribution < 1.29 is 9.53 Å². The van der Waals surface area contributed by atoms with Gasteiger partial charge in [0.25, 0.3) is 0 Å². The molecule has 1 aromatic rings. The Labute approximate surface area is 115 Å². The molecule has 0 spiro atoms. The van der Waals surface area contributed by atoms with Crippen LogP contribution in [-0.4, -0.2) is 13.1 Å². The first-order valence-corrected chi connectivity index (χ1v) is 5.46. The number of esters is 1. The van der Waals surface area contributed by atoms with E-state index in [1.807, 2.05) is 18.2 Å². The van der Waals surface area contributed by atoms with Crippen LogP contribution in [0.3, 0.4) is 0 Å². The molecular weight excluding hydrogens is 238 g/mol. The van der Waals surface area contributed by atoms with Crippen LogP contribution in [-0.2, 0) is 9.53 Å². The van der Waals surface area contributed by atoms with Crippen molar-refractivity contribution in [2.75, 3.05) is 7.11 Å². The van der Waals surface area contributed by atoms with Gasteiger partial charge < -0.3 is 4.74 Å². The first-order chi connectivity index (χ1) is 9.06. The smallest absolute Gasteiger partial charge is 0.329 e. The normalized spacial score (nSPS) is 7.21. The molecule has 100 valence electrons. The minimum atomic E-state index is -0.394. The van der Waals surface area contributed by atoms with Gasteiger partial charge in [0.2, 0.25) is 0 Å². The van der Waals surface area contributed by atoms with Gasteiger partial charge >= 0.3 is 5.97 Å². The number of hydrogen-bond donors (Lipinski definition) is 0. The Morgan fingerprint density at radius 1 is 1.32 bits per heavy atom. The first-order valence-electron chi connectivity index (χ1n) is 5.46. The predicted molar refractivity (Wildman–Crippen MR) is 79.3 cm³/mol. The van der Waals surface area contributed by atoms with E-state index >= 15 is 0 Å². The highest BCUT2D eigenvalue weighted by Crippen LogP contribution is 2.06. The predicted octanol–water partition coefficient (Wildman–Crippen LogP) is 3.68. The van der Waals surface area contributed by atoms with Crippen molar-refractivity contribution in [2.45, 2.75) is 6.92 Å². The third-order valence-corrected chi connectivity index (χ3v) is 1.87. The van der Waals surface area contributed by atoms with Gasteiger partial charge in [0.1, 0.15) is 0 Å². The van der Waals surface area contributed by atoms with E-state index in [1.165, 1.54) is 24.3 Å². The van der Waals surface area contributed by atoms with Gasteiger partial charge in [-0.1, -0.05) is 50.1 Å². The largest absolute Gasteiger partial charge is 0.466 e. The molecule has 0 aromatic heterocycles. The van der Waals surface area contributed by atoms with Gasteiger partial charge in [-0.2, -0.15) is 5.26 Å². The van der Waals surface area contributed by atoms with E-state index in [0.29, 0.717) is 0 Å². The van der Waals surface area contributed by atoms with E-state index in [2.05, 4.69) is 43.5 Å². The maximum absolute atomic E-state index is 9.84. The molecule has 0 amide bonds. The summed E-state index contributed by atoms with van der Waals surface area (Å²) in [6.07, 6.45) is 4.16. The van der Waals surface area contributed by atoms with Crippen LogP contribution in [0.25, 0.3) is 6.08 Å². The molecule has 0 fully saturated rings. The average Bonchev–Trinajstić information content (AvgIpc) is 2.47. The van der Waals surface area contributed by atoms with Gasteiger partial charge in [0.15, 0.2) is 0 Å². The van der Waals surface area contributed by atoms with Crippen LogP contribution < -0.4 is 0 Å². The monoisotopic (exact) mass is 257 g/mol. The Morgan fingerprint density at radius 3 is 2.05 bits per heavy atom. The van der Waals surface area contributed by atoms with Crippen LogP contribution in [0.5, 0.6) is 0 Å². The van der Waals surface area contributed by atoms with E-state index in [9.17, 15) is 4.79 Å². The van der Waals surface area contributed by atoms with Gasteiger partial charge in [0.05, 0.1) is 13.2 Å². The number of ether oxygens (including phenoxy) is 1. The molecule has 0 atom stereocenters. The Balaban J connectivity index is 0. The Bertz CT molecular complexity index is 456. The number of benzene rings is 1. The molecule has 0 saturated heterocycles. The summed E-state index contributed by atoms with van der Waals surface area (Å²) in [4.78, 5) is 9.84. The highest BCUT2D eigenvalue weighted by Gasteiger charge is 1.86. The Kier molecular flexibility index (Phi) is 13.3. The maximum Gasteiger partial charge on any atom is 0.329 e. The lowest BCUT2D eigenvalue weighted by Crippen LogP contribution is -1.91. The standard InChI is InChI=1S/C9H10.C4H6O2.C3H3N/c1-3-9-7-5-4-6-8(9)2;1-3-4(5)6-2;1-2-3-4/h3-7H,1H2,2H3;3H,1H2,2H3;2H,1H2. The molecule has 19 heavy (non-hydrogen) atoms. The zero-order valence-electron chi connectivity index (χ0n) is 11.4. The zero-order chi connectivity index (χ0) is 15.1. The maximum atomic E-state index is 9.84. The van der Waals surface area contributed by atoms with Crippen molar-refractivity contribution in [1.29, 1.82) is 5.26 Å². The second-order valence-corrected chi connectivity index (χ2v) is 3.12. The molecule has 0 heterocycles. The van der Waals surface area contributed by atoms with Crippen LogP contribution in [0, 0.1) is 18.3 Å². The van der Waals surface area contributed by atoms with Gasteiger partial charge in [-0.25, -0.2) is 4.79 Å². The fraction of sp³-hybridized carbons (Fsp3) is 0.125. The number of nitriles is 1. The molecule has 3 heteroatoms. The molecule has 0 aliphatic carbocycles. The van der Waals surface area contributed by atoms with E-state index in [0.717, 1.165) is 6.08 Å². The highest BCUT2D eigenvalue weighted by molar-refractivity contribution is 5.80. The van der Waals surface area contributed by atoms with E-state index in [4.69, 9.17) is 5.26 Å². The molecule has 0 aliphatic heterocycles. The lowest BCUT2D eigenvalue weighted by atomic mass is 10.1. The van der Waals surface area contributed by atoms with Crippen molar-refractivity contribution in [3.8, 4) is 6.07 Å². The summed E-state index contributed by atoms with van der Waals surface area (Å²) in [5, 5.41) is 7.51. The summed E-state index contributed by atoms with van der Waals surface area (Å²) in [6.45, 7) is 12.0. The quantitative estimate of drug-likeness (QED) is 0.461. The number of carbonyl (C=O) groups excluding carboxylic acids is 1. The Morgan fingerprint density at radius 2 is 1.84 bits per heavy atom. The topological polar surface area (TPSA) is 50.1 Å². The summed E-state index contributed by atoms with van der Waals surface area (Å²) in [7, 11) is 1.31. The van der Waals surface area contributed by atoms with Gasteiger partial charge in [-0.05, 0) is 18.1 Å². The number of carbonyl (C=O) groups is 1. The second-order valence-electron chi connectivity index (χ2n) is 3.12. The summed E-state index contributed by atoms with van der Waals surface area (Å²) < 4.78 is 4.14. The third-order valence-electron chi connectivity index (χ3n) is 1.87. The molecule has 0 aliphatic rings. The van der Waals surface area contributed by atoms with Crippen molar-refractivity contribution in [2.24, 2.45) is 0 Å². The molecule has 0 radical (unpaired) electrons. The Hall–Kier alpha value is -2.60. The molecule has 0 bridgehead atoms. The van der Waals surface area contributed by atoms with Gasteiger partial charge in [-0.15, -0.1) is 0 Å². The number of allylic oxidation sites excluding steroid dienone is 1. The highest BCUT2D eigenvalue weighted by atomic mass is 16.5. The second kappa shape index (κ2) is 13.5. The summed E-state index contributed by atoms with van der Waals surface area (Å²) in [5.74, 6) is -0.394. The number of aryl methyl sites for hydroxylation is 1. The van der Waals surface area contributed by atoms with Crippen molar-refractivity contribution in [3.63, 3.8) is 0 Å². The van der Waals surface area contributed by atoms with Crippen molar-refractivity contribution in [1.82, 2.24) is 0 Å². The molecule has 3 nitrogen and oxygen atoms in total. The van der Waals surface area contributed by atoms with E-state index in [1.54, 1.807) is 6.07 Å². The number of nitrogens with zero attached hydrogens (tertiary/aromatic N) is 1. The van der Waals surface area contributed by atoms with E-state index in [-0.39, 0.29) is 0 Å². The van der Waals surface area contributed by atoms with Crippen LogP contribution in [0.15, 0.2) is 56.2 Å². The van der Waals surface area contributed by atoms with E-state index < -0.39 is 5.97 Å². The molecule has 0 N–H and O–H groups in total. The average molecular weight is 257 g/mol. The van der Waals surface area contributed by atoms with Crippen molar-refractivity contribution in [3.05, 3.63) is 67.3 Å².